The summed E-state index contributed by atoms with van der Waals surface area (Å²) in [6.45, 7) is -0.122. The van der Waals surface area contributed by atoms with Gasteiger partial charge >= 0.3 is 5.97 Å². The fourth-order valence-electron chi connectivity index (χ4n) is 0.761. The van der Waals surface area contributed by atoms with Crippen LogP contribution in [-0.4, -0.2) is 52.5 Å². The third kappa shape index (κ3) is 6.35. The first-order valence-electron chi connectivity index (χ1n) is 4.01. The first kappa shape index (κ1) is 12.8. The number of carbonyl (C=O) groups is 2. The molecule has 0 radical (unpaired) electrons. The Bertz CT molecular complexity index is 208. The monoisotopic (exact) mass is 206 g/mol. The zero-order valence-corrected chi connectivity index (χ0v) is 7.51. The van der Waals surface area contributed by atoms with E-state index in [0.717, 1.165) is 0 Å². The highest BCUT2D eigenvalue weighted by Crippen LogP contribution is 1.89. The molecule has 0 rings (SSSR count). The van der Waals surface area contributed by atoms with Crippen molar-refractivity contribution in [3.05, 3.63) is 0 Å². The van der Waals surface area contributed by atoms with Crippen LogP contribution in [0.5, 0.6) is 0 Å². The minimum absolute atomic E-state index is 0.0172. The highest BCUT2D eigenvalue weighted by atomic mass is 16.4. The van der Waals surface area contributed by atoms with Crippen molar-refractivity contribution in [2.45, 2.75) is 18.6 Å². The molecular formula is C7H14N2O5. The molecule has 14 heavy (non-hydrogen) atoms. The number of aliphatic carboxylic acids is 1. The van der Waals surface area contributed by atoms with E-state index in [0.29, 0.717) is 0 Å². The number of amides is 1. The van der Waals surface area contributed by atoms with Gasteiger partial charge in [0.2, 0.25) is 5.91 Å². The number of hydrogen-bond donors (Lipinski definition) is 5. The summed E-state index contributed by atoms with van der Waals surface area (Å²) < 4.78 is 0. The average molecular weight is 206 g/mol. The Labute approximate surface area is 80.5 Å². The molecule has 0 spiro atoms. The number of primary amides is 1. The van der Waals surface area contributed by atoms with Gasteiger partial charge in [0, 0.05) is 13.1 Å². The predicted octanol–water partition coefficient (Wildman–Crippen LogP) is -2.74. The lowest BCUT2D eigenvalue weighted by Gasteiger charge is -2.11. The molecule has 0 aromatic heterocycles. The van der Waals surface area contributed by atoms with E-state index >= 15 is 0 Å². The number of carboxylic acids is 1. The highest BCUT2D eigenvalue weighted by molar-refractivity contribution is 5.78. The lowest BCUT2D eigenvalue weighted by atomic mass is 10.2. The van der Waals surface area contributed by atoms with Crippen molar-refractivity contribution in [3.8, 4) is 0 Å². The summed E-state index contributed by atoms with van der Waals surface area (Å²) in [6.07, 6.45) is -2.76. The Hall–Kier alpha value is -1.18. The zero-order valence-electron chi connectivity index (χ0n) is 7.51. The van der Waals surface area contributed by atoms with Gasteiger partial charge in [-0.05, 0) is 0 Å². The topological polar surface area (TPSA) is 133 Å². The number of aliphatic hydroxyl groups is 2. The summed E-state index contributed by atoms with van der Waals surface area (Å²) >= 11 is 0. The standard InChI is InChI=1S/C7H14N2O5/c8-7(14)5(11)3-9-2-4(10)1-6(12)13/h4-5,9-11H,1-3H2,(H2,8,14)(H,12,13). The molecular weight excluding hydrogens is 192 g/mol. The number of aliphatic hydroxyl groups excluding tert-OH is 2. The Kier molecular flexibility index (Phi) is 5.77. The van der Waals surface area contributed by atoms with Gasteiger partial charge in [-0.25, -0.2) is 0 Å². The van der Waals surface area contributed by atoms with E-state index in [9.17, 15) is 9.59 Å². The first-order chi connectivity index (χ1) is 6.43. The molecule has 0 aliphatic carbocycles. The van der Waals surface area contributed by atoms with Crippen LogP contribution in [-0.2, 0) is 9.59 Å². The highest BCUT2D eigenvalue weighted by Gasteiger charge is 2.12. The molecule has 82 valence electrons. The molecule has 0 aliphatic heterocycles. The number of carboxylic acid groups (broad SMARTS) is 1. The Morgan fingerprint density at radius 1 is 1.29 bits per heavy atom. The molecule has 1 amide bonds. The summed E-state index contributed by atoms with van der Waals surface area (Å²) in [7, 11) is 0. The normalized spacial score (nSPS) is 14.7. The largest absolute Gasteiger partial charge is 0.481 e. The third-order valence-electron chi connectivity index (χ3n) is 1.46. The summed E-state index contributed by atoms with van der Waals surface area (Å²) in [6, 6.07) is 0. The summed E-state index contributed by atoms with van der Waals surface area (Å²) in [5.41, 5.74) is 4.75. The Morgan fingerprint density at radius 2 is 1.86 bits per heavy atom. The molecule has 2 unspecified atom stereocenters. The smallest absolute Gasteiger partial charge is 0.306 e. The number of hydrogen-bond acceptors (Lipinski definition) is 5. The number of rotatable bonds is 7. The van der Waals surface area contributed by atoms with Crippen LogP contribution in [0.25, 0.3) is 0 Å². The van der Waals surface area contributed by atoms with Crippen LogP contribution in [0.1, 0.15) is 6.42 Å². The molecule has 0 heterocycles. The minimum Gasteiger partial charge on any atom is -0.481 e. The van der Waals surface area contributed by atoms with Crippen molar-refractivity contribution < 1.29 is 24.9 Å². The summed E-state index contributed by atoms with van der Waals surface area (Å²) in [4.78, 5) is 20.4. The van der Waals surface area contributed by atoms with E-state index in [4.69, 9.17) is 21.1 Å². The first-order valence-corrected chi connectivity index (χ1v) is 4.01. The van der Waals surface area contributed by atoms with Crippen LogP contribution in [0, 0.1) is 0 Å². The molecule has 7 heteroatoms. The zero-order chi connectivity index (χ0) is 11.1. The van der Waals surface area contributed by atoms with Crippen molar-refractivity contribution in [1.29, 1.82) is 0 Å². The lowest BCUT2D eigenvalue weighted by Crippen LogP contribution is -2.40. The van der Waals surface area contributed by atoms with Gasteiger partial charge in [0.1, 0.15) is 6.10 Å². The Balaban J connectivity index is 3.53. The van der Waals surface area contributed by atoms with Gasteiger partial charge in [0.15, 0.2) is 0 Å². The van der Waals surface area contributed by atoms with Gasteiger partial charge in [-0.3, -0.25) is 9.59 Å². The fourth-order valence-corrected chi connectivity index (χ4v) is 0.761. The van der Waals surface area contributed by atoms with Crippen LogP contribution in [0.2, 0.25) is 0 Å². The van der Waals surface area contributed by atoms with Crippen LogP contribution in [0.4, 0.5) is 0 Å². The van der Waals surface area contributed by atoms with Gasteiger partial charge in [-0.1, -0.05) is 0 Å². The van der Waals surface area contributed by atoms with Crippen molar-refractivity contribution in [3.63, 3.8) is 0 Å². The molecule has 0 saturated heterocycles. The predicted molar refractivity (Wildman–Crippen MR) is 46.3 cm³/mol. The lowest BCUT2D eigenvalue weighted by molar-refractivity contribution is -0.139. The van der Waals surface area contributed by atoms with Gasteiger partial charge in [-0.2, -0.15) is 0 Å². The van der Waals surface area contributed by atoms with Crippen molar-refractivity contribution in [2.24, 2.45) is 5.73 Å². The van der Waals surface area contributed by atoms with Crippen molar-refractivity contribution in [2.75, 3.05) is 13.1 Å². The number of carbonyl (C=O) groups excluding carboxylic acids is 1. The molecule has 0 aromatic rings. The third-order valence-corrected chi connectivity index (χ3v) is 1.46. The average Bonchev–Trinajstić information content (AvgIpc) is 2.02. The number of nitrogens with one attached hydrogen (secondary N) is 1. The summed E-state index contributed by atoms with van der Waals surface area (Å²) in [5.74, 6) is -1.99. The molecule has 7 nitrogen and oxygen atoms in total. The number of nitrogens with two attached hydrogens (primary N) is 1. The second-order valence-electron chi connectivity index (χ2n) is 2.83. The molecule has 2 atom stereocenters. The minimum atomic E-state index is -1.33. The van der Waals surface area contributed by atoms with Crippen molar-refractivity contribution in [1.82, 2.24) is 5.32 Å². The Morgan fingerprint density at radius 3 is 2.29 bits per heavy atom. The van der Waals surface area contributed by atoms with Crippen LogP contribution in [0.15, 0.2) is 0 Å². The van der Waals surface area contributed by atoms with Crippen LogP contribution < -0.4 is 11.1 Å². The van der Waals surface area contributed by atoms with Gasteiger partial charge in [-0.15, -0.1) is 0 Å². The molecule has 0 bridgehead atoms. The van der Waals surface area contributed by atoms with Gasteiger partial charge in [0.05, 0.1) is 12.5 Å². The van der Waals surface area contributed by atoms with E-state index in [-0.39, 0.29) is 19.5 Å². The maximum atomic E-state index is 10.3. The van der Waals surface area contributed by atoms with E-state index in [1.807, 2.05) is 0 Å². The molecule has 0 aliphatic rings. The van der Waals surface area contributed by atoms with Gasteiger partial charge in [0.25, 0.3) is 0 Å². The molecule has 0 saturated carbocycles. The second kappa shape index (κ2) is 6.30. The second-order valence-corrected chi connectivity index (χ2v) is 2.83. The molecule has 0 fully saturated rings. The van der Waals surface area contributed by atoms with Gasteiger partial charge < -0.3 is 26.4 Å². The van der Waals surface area contributed by atoms with E-state index in [2.05, 4.69) is 5.32 Å². The van der Waals surface area contributed by atoms with E-state index in [1.165, 1.54) is 0 Å². The maximum absolute atomic E-state index is 10.3. The quantitative estimate of drug-likeness (QED) is 0.307. The molecule has 0 aromatic carbocycles. The van der Waals surface area contributed by atoms with E-state index in [1.54, 1.807) is 0 Å². The van der Waals surface area contributed by atoms with Crippen molar-refractivity contribution >= 4 is 11.9 Å². The van der Waals surface area contributed by atoms with Crippen LogP contribution >= 0.6 is 0 Å². The SMILES string of the molecule is NC(=O)C(O)CNCC(O)CC(=O)O. The summed E-state index contributed by atoms with van der Waals surface area (Å²) in [5, 5.41) is 28.7. The molecule has 6 N–H and O–H groups in total. The van der Waals surface area contributed by atoms with E-state index < -0.39 is 24.1 Å². The fraction of sp³-hybridized carbons (Fsp3) is 0.714. The van der Waals surface area contributed by atoms with Crippen LogP contribution in [0.3, 0.4) is 0 Å². The maximum Gasteiger partial charge on any atom is 0.306 e.